The highest BCUT2D eigenvalue weighted by molar-refractivity contribution is 5.27. The van der Waals surface area contributed by atoms with Crippen LogP contribution in [0.15, 0.2) is 29.4 Å². The van der Waals surface area contributed by atoms with Crippen LogP contribution in [0.4, 0.5) is 0 Å². The molecule has 1 rings (SSSR count). The van der Waals surface area contributed by atoms with E-state index in [2.05, 4.69) is 21.4 Å². The lowest BCUT2D eigenvalue weighted by molar-refractivity contribution is 0.635. The van der Waals surface area contributed by atoms with Gasteiger partial charge in [0.05, 0.1) is 6.07 Å². The van der Waals surface area contributed by atoms with Crippen molar-refractivity contribution in [2.75, 3.05) is 13.1 Å². The summed E-state index contributed by atoms with van der Waals surface area (Å²) in [7, 11) is 0. The van der Waals surface area contributed by atoms with Crippen LogP contribution < -0.4 is 5.32 Å². The van der Waals surface area contributed by atoms with Crippen molar-refractivity contribution in [3.05, 3.63) is 45.8 Å². The van der Waals surface area contributed by atoms with E-state index < -0.39 is 0 Å². The summed E-state index contributed by atoms with van der Waals surface area (Å²) in [4.78, 5) is 2.64. The number of hydrogen-bond donors (Lipinski definition) is 1. The number of azide groups is 1. The quantitative estimate of drug-likeness (QED) is 0.354. The fraction of sp³-hybridized carbons (Fsp3) is 0.364. The fourth-order valence-electron chi connectivity index (χ4n) is 1.30. The summed E-state index contributed by atoms with van der Waals surface area (Å²) >= 11 is 0. The van der Waals surface area contributed by atoms with Gasteiger partial charge >= 0.3 is 0 Å². The molecule has 5 nitrogen and oxygen atoms in total. The highest BCUT2D eigenvalue weighted by atomic mass is 15.1. The van der Waals surface area contributed by atoms with Crippen LogP contribution >= 0.6 is 0 Å². The van der Waals surface area contributed by atoms with Crippen LogP contribution in [0.3, 0.4) is 0 Å². The number of benzene rings is 1. The second-order valence-corrected chi connectivity index (χ2v) is 3.38. The SMILES string of the molecule is Cc1ccc(C(C#N)NCCN=[N+]=[N-])cc1. The maximum Gasteiger partial charge on any atom is 0.121 e. The average Bonchev–Trinajstić information content (AvgIpc) is 2.31. The van der Waals surface area contributed by atoms with Crippen molar-refractivity contribution in [2.45, 2.75) is 13.0 Å². The van der Waals surface area contributed by atoms with Gasteiger partial charge in [-0.3, -0.25) is 5.32 Å². The first kappa shape index (κ1) is 12.1. The van der Waals surface area contributed by atoms with E-state index in [1.165, 1.54) is 0 Å². The molecular weight excluding hydrogens is 202 g/mol. The second-order valence-electron chi connectivity index (χ2n) is 3.38. The van der Waals surface area contributed by atoms with Crippen LogP contribution in [0.25, 0.3) is 10.4 Å². The first-order chi connectivity index (χ1) is 7.77. The molecule has 1 atom stereocenters. The van der Waals surface area contributed by atoms with Gasteiger partial charge in [0.15, 0.2) is 0 Å². The molecule has 1 aromatic rings. The fourth-order valence-corrected chi connectivity index (χ4v) is 1.30. The average molecular weight is 215 g/mol. The summed E-state index contributed by atoms with van der Waals surface area (Å²) < 4.78 is 0. The molecule has 0 radical (unpaired) electrons. The zero-order valence-electron chi connectivity index (χ0n) is 9.09. The summed E-state index contributed by atoms with van der Waals surface area (Å²) in [6.07, 6.45) is 0. The van der Waals surface area contributed by atoms with Crippen molar-refractivity contribution >= 4 is 0 Å². The molecule has 0 saturated carbocycles. The molecule has 0 amide bonds. The van der Waals surface area contributed by atoms with E-state index in [9.17, 15) is 0 Å². The Morgan fingerprint density at radius 3 is 2.75 bits per heavy atom. The van der Waals surface area contributed by atoms with Crippen LogP contribution in [-0.2, 0) is 0 Å². The van der Waals surface area contributed by atoms with Crippen LogP contribution in [0, 0.1) is 18.3 Å². The second kappa shape index (κ2) is 6.46. The monoisotopic (exact) mass is 215 g/mol. The van der Waals surface area contributed by atoms with E-state index in [4.69, 9.17) is 10.8 Å². The largest absolute Gasteiger partial charge is 0.298 e. The molecule has 1 N–H and O–H groups in total. The Kier molecular flexibility index (Phi) is 4.87. The topological polar surface area (TPSA) is 84.6 Å². The number of nitriles is 1. The lowest BCUT2D eigenvalue weighted by Crippen LogP contribution is -2.22. The van der Waals surface area contributed by atoms with Gasteiger partial charge in [0.1, 0.15) is 6.04 Å². The number of aryl methyl sites for hydroxylation is 1. The molecule has 1 unspecified atom stereocenters. The molecule has 0 spiro atoms. The predicted molar refractivity (Wildman–Crippen MR) is 61.5 cm³/mol. The van der Waals surface area contributed by atoms with E-state index >= 15 is 0 Å². The van der Waals surface area contributed by atoms with Crippen molar-refractivity contribution < 1.29 is 0 Å². The summed E-state index contributed by atoms with van der Waals surface area (Å²) in [6, 6.07) is 9.59. The van der Waals surface area contributed by atoms with Crippen LogP contribution in [0.1, 0.15) is 17.2 Å². The van der Waals surface area contributed by atoms with Gasteiger partial charge in [-0.2, -0.15) is 5.26 Å². The first-order valence-corrected chi connectivity index (χ1v) is 4.98. The zero-order valence-corrected chi connectivity index (χ0v) is 9.09. The van der Waals surface area contributed by atoms with Crippen molar-refractivity contribution in [2.24, 2.45) is 5.11 Å². The van der Waals surface area contributed by atoms with Gasteiger partial charge in [-0.25, -0.2) is 0 Å². The van der Waals surface area contributed by atoms with Crippen molar-refractivity contribution in [3.8, 4) is 6.07 Å². The third-order valence-electron chi connectivity index (χ3n) is 2.16. The van der Waals surface area contributed by atoms with Gasteiger partial charge in [-0.15, -0.1) is 0 Å². The molecular formula is C11H13N5. The molecule has 16 heavy (non-hydrogen) atoms. The number of rotatable bonds is 5. The summed E-state index contributed by atoms with van der Waals surface area (Å²) in [5.74, 6) is 0. The zero-order chi connectivity index (χ0) is 11.8. The molecule has 1 aromatic carbocycles. The van der Waals surface area contributed by atoms with Gasteiger partial charge in [0, 0.05) is 18.0 Å². The van der Waals surface area contributed by atoms with Crippen molar-refractivity contribution in [1.82, 2.24) is 5.32 Å². The Morgan fingerprint density at radius 2 is 2.19 bits per heavy atom. The molecule has 82 valence electrons. The highest BCUT2D eigenvalue weighted by Gasteiger charge is 2.07. The Balaban J connectivity index is 2.57. The smallest absolute Gasteiger partial charge is 0.121 e. The Bertz CT molecular complexity index is 411. The summed E-state index contributed by atoms with van der Waals surface area (Å²) in [5.41, 5.74) is 10.2. The normalized spacial score (nSPS) is 11.2. The van der Waals surface area contributed by atoms with E-state index in [-0.39, 0.29) is 6.04 Å². The van der Waals surface area contributed by atoms with Gasteiger partial charge in [0.25, 0.3) is 0 Å². The molecule has 0 aliphatic carbocycles. The van der Waals surface area contributed by atoms with Crippen LogP contribution in [0.5, 0.6) is 0 Å². The minimum Gasteiger partial charge on any atom is -0.298 e. The molecule has 0 saturated heterocycles. The number of nitrogens with zero attached hydrogens (tertiary/aromatic N) is 4. The molecule has 0 heterocycles. The van der Waals surface area contributed by atoms with Crippen LogP contribution in [0.2, 0.25) is 0 Å². The lowest BCUT2D eigenvalue weighted by atomic mass is 10.1. The van der Waals surface area contributed by atoms with Crippen molar-refractivity contribution in [3.63, 3.8) is 0 Å². The Morgan fingerprint density at radius 1 is 1.50 bits per heavy atom. The summed E-state index contributed by atoms with van der Waals surface area (Å²) in [6.45, 7) is 2.84. The Labute approximate surface area is 94.3 Å². The lowest BCUT2D eigenvalue weighted by Gasteiger charge is -2.10. The van der Waals surface area contributed by atoms with E-state index in [0.717, 1.165) is 11.1 Å². The maximum absolute atomic E-state index is 8.99. The van der Waals surface area contributed by atoms with Crippen molar-refractivity contribution in [1.29, 1.82) is 5.26 Å². The first-order valence-electron chi connectivity index (χ1n) is 4.98. The summed E-state index contributed by atoms with van der Waals surface area (Å²) in [5, 5.41) is 15.4. The molecule has 0 aromatic heterocycles. The predicted octanol–water partition coefficient (Wildman–Crippen LogP) is 2.46. The maximum atomic E-state index is 8.99. The minimum atomic E-state index is -0.352. The molecule has 0 aliphatic heterocycles. The van der Waals surface area contributed by atoms with E-state index in [0.29, 0.717) is 13.1 Å². The van der Waals surface area contributed by atoms with E-state index in [1.54, 1.807) is 0 Å². The standard InChI is InChI=1S/C11H13N5/c1-9-2-4-10(5-3-9)11(8-12)14-6-7-15-16-13/h2-5,11,14H,6-7H2,1H3. The third-order valence-corrected chi connectivity index (χ3v) is 2.16. The minimum absolute atomic E-state index is 0.348. The van der Waals surface area contributed by atoms with Gasteiger partial charge in [0.2, 0.25) is 0 Å². The molecule has 0 aliphatic rings. The third kappa shape index (κ3) is 3.62. The van der Waals surface area contributed by atoms with E-state index in [1.807, 2.05) is 31.2 Å². The molecule has 0 fully saturated rings. The van der Waals surface area contributed by atoms with Gasteiger partial charge in [-0.1, -0.05) is 34.9 Å². The molecule has 0 bridgehead atoms. The highest BCUT2D eigenvalue weighted by Crippen LogP contribution is 2.12. The Hall–Kier alpha value is -2.02. The molecule has 5 heteroatoms. The van der Waals surface area contributed by atoms with Gasteiger partial charge < -0.3 is 0 Å². The number of hydrogen-bond acceptors (Lipinski definition) is 3. The van der Waals surface area contributed by atoms with Crippen LogP contribution in [-0.4, -0.2) is 13.1 Å². The van der Waals surface area contributed by atoms with Gasteiger partial charge in [-0.05, 0) is 18.0 Å². The number of nitrogens with one attached hydrogen (secondary N) is 1.